The maximum atomic E-state index is 13.2. The second-order valence-electron chi connectivity index (χ2n) is 8.65. The lowest BCUT2D eigenvalue weighted by Crippen LogP contribution is -2.48. The van der Waals surface area contributed by atoms with Gasteiger partial charge in [0.1, 0.15) is 0 Å². The zero-order valence-electron chi connectivity index (χ0n) is 19.2. The maximum absolute atomic E-state index is 13.2. The van der Waals surface area contributed by atoms with Crippen molar-refractivity contribution in [1.29, 1.82) is 0 Å². The van der Waals surface area contributed by atoms with E-state index in [1.807, 2.05) is 44.2 Å². The molecule has 0 radical (unpaired) electrons. The van der Waals surface area contributed by atoms with Gasteiger partial charge >= 0.3 is 0 Å². The molecule has 4 rings (SSSR count). The molecule has 2 aromatic carbocycles. The zero-order chi connectivity index (χ0) is 23.5. The molecule has 0 spiro atoms. The van der Waals surface area contributed by atoms with Crippen molar-refractivity contribution in [3.63, 3.8) is 0 Å². The summed E-state index contributed by atoms with van der Waals surface area (Å²) in [7, 11) is 0. The summed E-state index contributed by atoms with van der Waals surface area (Å²) in [6.07, 6.45) is 3.59. The van der Waals surface area contributed by atoms with E-state index in [9.17, 15) is 14.4 Å². The number of hydrogen-bond acceptors (Lipinski definition) is 4. The van der Waals surface area contributed by atoms with Gasteiger partial charge in [0.25, 0.3) is 5.91 Å². The van der Waals surface area contributed by atoms with Crippen molar-refractivity contribution in [3.8, 4) is 0 Å². The van der Waals surface area contributed by atoms with Crippen LogP contribution in [0.2, 0.25) is 0 Å². The molecule has 0 aliphatic carbocycles. The van der Waals surface area contributed by atoms with Crippen LogP contribution in [0.1, 0.15) is 54.7 Å². The van der Waals surface area contributed by atoms with Gasteiger partial charge in [-0.3, -0.25) is 14.4 Å². The average Bonchev–Trinajstić information content (AvgIpc) is 2.78. The number of anilines is 1. The van der Waals surface area contributed by atoms with Gasteiger partial charge in [0, 0.05) is 26.2 Å². The Labute approximate surface area is 194 Å². The van der Waals surface area contributed by atoms with Crippen molar-refractivity contribution in [1.82, 2.24) is 9.80 Å². The summed E-state index contributed by atoms with van der Waals surface area (Å²) in [4.78, 5) is 41.9. The Morgan fingerprint density at radius 3 is 2.39 bits per heavy atom. The number of rotatable bonds is 4. The van der Waals surface area contributed by atoms with Crippen molar-refractivity contribution >= 4 is 29.5 Å². The third-order valence-corrected chi connectivity index (χ3v) is 5.99. The molecule has 3 atom stereocenters. The van der Waals surface area contributed by atoms with Gasteiger partial charge < -0.3 is 19.9 Å². The summed E-state index contributed by atoms with van der Waals surface area (Å²) < 4.78 is 5.74. The maximum Gasteiger partial charge on any atom is 0.256 e. The molecule has 33 heavy (non-hydrogen) atoms. The minimum absolute atomic E-state index is 0.0450. The van der Waals surface area contributed by atoms with Crippen molar-refractivity contribution in [2.24, 2.45) is 0 Å². The van der Waals surface area contributed by atoms with Crippen LogP contribution in [0.5, 0.6) is 0 Å². The molecule has 1 fully saturated rings. The van der Waals surface area contributed by atoms with Crippen LogP contribution in [0.3, 0.4) is 0 Å². The average molecular weight is 448 g/mol. The van der Waals surface area contributed by atoms with Crippen LogP contribution in [0.4, 0.5) is 5.69 Å². The fourth-order valence-corrected chi connectivity index (χ4v) is 4.58. The van der Waals surface area contributed by atoms with E-state index in [1.165, 1.54) is 6.92 Å². The fraction of sp³-hybridized carbons (Fsp3) is 0.346. The molecule has 1 N–H and O–H groups in total. The Balaban J connectivity index is 1.53. The predicted octanol–water partition coefficient (Wildman–Crippen LogP) is 3.84. The highest BCUT2D eigenvalue weighted by Crippen LogP contribution is 2.33. The van der Waals surface area contributed by atoms with E-state index in [-0.39, 0.29) is 36.4 Å². The number of morpholine rings is 1. The third kappa shape index (κ3) is 4.98. The van der Waals surface area contributed by atoms with Gasteiger partial charge in [0.05, 0.1) is 35.9 Å². The van der Waals surface area contributed by atoms with Crippen molar-refractivity contribution in [3.05, 3.63) is 71.4 Å². The second-order valence-corrected chi connectivity index (χ2v) is 8.65. The first-order chi connectivity index (χ1) is 15.8. The monoisotopic (exact) mass is 447 g/mol. The van der Waals surface area contributed by atoms with Crippen LogP contribution in [0, 0.1) is 0 Å². The number of amides is 3. The largest absolute Gasteiger partial charge is 0.372 e. The number of benzene rings is 2. The highest BCUT2D eigenvalue weighted by Gasteiger charge is 2.30. The molecule has 1 saturated heterocycles. The Bertz CT molecular complexity index is 1090. The van der Waals surface area contributed by atoms with Crippen LogP contribution in [-0.2, 0) is 14.3 Å². The molecule has 3 amide bonds. The Morgan fingerprint density at radius 2 is 1.67 bits per heavy atom. The minimum Gasteiger partial charge on any atom is -0.372 e. The zero-order valence-corrected chi connectivity index (χ0v) is 19.2. The van der Waals surface area contributed by atoms with E-state index in [0.29, 0.717) is 24.3 Å². The lowest BCUT2D eigenvalue weighted by molar-refractivity contribution is -0.129. The summed E-state index contributed by atoms with van der Waals surface area (Å²) in [6, 6.07) is 14.4. The summed E-state index contributed by atoms with van der Waals surface area (Å²) in [6.45, 7) is 6.39. The van der Waals surface area contributed by atoms with Gasteiger partial charge in [-0.25, -0.2) is 0 Å². The van der Waals surface area contributed by atoms with Gasteiger partial charge in [0.15, 0.2) is 0 Å². The van der Waals surface area contributed by atoms with Gasteiger partial charge in [-0.2, -0.15) is 0 Å². The lowest BCUT2D eigenvalue weighted by Gasteiger charge is -2.35. The SMILES string of the molecule is CC(=O)N1C=Cc2ccccc2C1CC(=O)Nc1ccccc1C(=O)N1CC(C)OC(C)C1. The van der Waals surface area contributed by atoms with Gasteiger partial charge in [-0.05, 0) is 43.2 Å². The van der Waals surface area contributed by atoms with Gasteiger partial charge in [-0.1, -0.05) is 36.4 Å². The summed E-state index contributed by atoms with van der Waals surface area (Å²) in [5, 5.41) is 2.91. The van der Waals surface area contributed by atoms with E-state index in [2.05, 4.69) is 5.32 Å². The third-order valence-electron chi connectivity index (χ3n) is 5.99. The predicted molar refractivity (Wildman–Crippen MR) is 126 cm³/mol. The first kappa shape index (κ1) is 22.7. The molecule has 0 bridgehead atoms. The van der Waals surface area contributed by atoms with Crippen LogP contribution in [0.25, 0.3) is 6.08 Å². The molecular weight excluding hydrogens is 418 g/mol. The standard InChI is InChI=1S/C26H29N3O4/c1-17-15-28(16-18(2)33-17)26(32)22-10-6-7-11-23(22)27-25(31)14-24-21-9-5-4-8-20(21)12-13-29(24)19(3)30/h4-13,17-18,24H,14-16H2,1-3H3,(H,27,31). The quantitative estimate of drug-likeness (QED) is 0.773. The number of hydrogen-bond donors (Lipinski definition) is 1. The Kier molecular flexibility index (Phi) is 6.60. The number of fused-ring (bicyclic) bond motifs is 1. The smallest absolute Gasteiger partial charge is 0.256 e. The molecule has 3 unspecified atom stereocenters. The highest BCUT2D eigenvalue weighted by molar-refractivity contribution is 6.04. The molecule has 7 nitrogen and oxygen atoms in total. The van der Waals surface area contributed by atoms with E-state index < -0.39 is 6.04 Å². The Morgan fingerprint density at radius 1 is 1.00 bits per heavy atom. The van der Waals surface area contributed by atoms with Crippen LogP contribution < -0.4 is 5.32 Å². The molecule has 2 aliphatic heterocycles. The fourth-order valence-electron chi connectivity index (χ4n) is 4.58. The lowest BCUT2D eigenvalue weighted by atomic mass is 9.93. The number of para-hydroxylation sites is 1. The topological polar surface area (TPSA) is 79.0 Å². The molecule has 172 valence electrons. The van der Waals surface area contributed by atoms with E-state index in [0.717, 1.165) is 11.1 Å². The van der Waals surface area contributed by atoms with E-state index in [1.54, 1.807) is 40.3 Å². The number of nitrogens with one attached hydrogen (secondary N) is 1. The second kappa shape index (κ2) is 9.58. The van der Waals surface area contributed by atoms with Gasteiger partial charge in [0.2, 0.25) is 11.8 Å². The van der Waals surface area contributed by atoms with Crippen LogP contribution >= 0.6 is 0 Å². The number of carbonyl (C=O) groups excluding carboxylic acids is 3. The summed E-state index contributed by atoms with van der Waals surface area (Å²) in [5.74, 6) is -0.533. The minimum atomic E-state index is -0.410. The molecule has 2 aliphatic rings. The van der Waals surface area contributed by atoms with Crippen molar-refractivity contribution < 1.29 is 19.1 Å². The number of carbonyl (C=O) groups is 3. The van der Waals surface area contributed by atoms with Crippen molar-refractivity contribution in [2.45, 2.75) is 45.4 Å². The molecule has 0 saturated carbocycles. The highest BCUT2D eigenvalue weighted by atomic mass is 16.5. The van der Waals surface area contributed by atoms with Crippen molar-refractivity contribution in [2.75, 3.05) is 18.4 Å². The number of ether oxygens (including phenoxy) is 1. The van der Waals surface area contributed by atoms with E-state index >= 15 is 0 Å². The molecule has 0 aromatic heterocycles. The van der Waals surface area contributed by atoms with Crippen LogP contribution in [0.15, 0.2) is 54.7 Å². The molecule has 2 heterocycles. The first-order valence-corrected chi connectivity index (χ1v) is 11.2. The summed E-state index contributed by atoms with van der Waals surface area (Å²) in [5.41, 5.74) is 2.82. The first-order valence-electron chi connectivity index (χ1n) is 11.2. The number of nitrogens with zero attached hydrogens (tertiary/aromatic N) is 2. The van der Waals surface area contributed by atoms with Crippen LogP contribution in [-0.4, -0.2) is 52.8 Å². The Hall–Kier alpha value is -3.45. The van der Waals surface area contributed by atoms with E-state index in [4.69, 9.17) is 4.74 Å². The normalized spacial score (nSPS) is 22.0. The summed E-state index contributed by atoms with van der Waals surface area (Å²) >= 11 is 0. The molecule has 7 heteroatoms. The molecule has 2 aromatic rings. The molecular formula is C26H29N3O4. The van der Waals surface area contributed by atoms with Gasteiger partial charge in [-0.15, -0.1) is 0 Å².